The zero-order chi connectivity index (χ0) is 10.7. The molecule has 15 heavy (non-hydrogen) atoms. The SMILES string of the molecule is Clc1ccc(CNc2ccccc2Cl)s1. The summed E-state index contributed by atoms with van der Waals surface area (Å²) in [6.45, 7) is 0.751. The normalized spacial score (nSPS) is 10.3. The monoisotopic (exact) mass is 257 g/mol. The van der Waals surface area contributed by atoms with Crippen molar-refractivity contribution < 1.29 is 0 Å². The fourth-order valence-corrected chi connectivity index (χ4v) is 2.46. The van der Waals surface area contributed by atoms with Gasteiger partial charge >= 0.3 is 0 Å². The second-order valence-corrected chi connectivity index (χ2v) is 5.25. The second kappa shape index (κ2) is 4.88. The first-order valence-electron chi connectivity index (χ1n) is 4.48. The fourth-order valence-electron chi connectivity index (χ4n) is 1.23. The number of anilines is 1. The van der Waals surface area contributed by atoms with Gasteiger partial charge in [-0.05, 0) is 24.3 Å². The van der Waals surface area contributed by atoms with Crippen LogP contribution in [0.4, 0.5) is 5.69 Å². The van der Waals surface area contributed by atoms with Crippen LogP contribution >= 0.6 is 34.5 Å². The molecule has 1 nitrogen and oxygen atoms in total. The molecule has 0 aliphatic carbocycles. The topological polar surface area (TPSA) is 12.0 Å². The van der Waals surface area contributed by atoms with Gasteiger partial charge in [0.2, 0.25) is 0 Å². The van der Waals surface area contributed by atoms with Gasteiger partial charge in [-0.25, -0.2) is 0 Å². The van der Waals surface area contributed by atoms with E-state index in [1.165, 1.54) is 4.88 Å². The van der Waals surface area contributed by atoms with E-state index in [1.54, 1.807) is 11.3 Å². The maximum Gasteiger partial charge on any atom is 0.0931 e. The van der Waals surface area contributed by atoms with Gasteiger partial charge in [0.15, 0.2) is 0 Å². The minimum absolute atomic E-state index is 0.736. The van der Waals surface area contributed by atoms with Crippen molar-refractivity contribution in [2.24, 2.45) is 0 Å². The van der Waals surface area contributed by atoms with Crippen LogP contribution in [-0.2, 0) is 6.54 Å². The van der Waals surface area contributed by atoms with Gasteiger partial charge < -0.3 is 5.32 Å². The Morgan fingerprint density at radius 2 is 1.87 bits per heavy atom. The van der Waals surface area contributed by atoms with Gasteiger partial charge in [0.05, 0.1) is 15.0 Å². The summed E-state index contributed by atoms with van der Waals surface area (Å²) in [7, 11) is 0. The van der Waals surface area contributed by atoms with Crippen LogP contribution in [0.1, 0.15) is 4.88 Å². The first-order chi connectivity index (χ1) is 7.25. The lowest BCUT2D eigenvalue weighted by molar-refractivity contribution is 1.19. The molecule has 1 aromatic carbocycles. The Balaban J connectivity index is 2.02. The van der Waals surface area contributed by atoms with Crippen LogP contribution in [0.15, 0.2) is 36.4 Å². The van der Waals surface area contributed by atoms with Crippen molar-refractivity contribution in [1.29, 1.82) is 0 Å². The highest BCUT2D eigenvalue weighted by atomic mass is 35.5. The van der Waals surface area contributed by atoms with E-state index in [1.807, 2.05) is 36.4 Å². The lowest BCUT2D eigenvalue weighted by Crippen LogP contribution is -1.97. The Labute approximate surface area is 103 Å². The molecule has 1 heterocycles. The van der Waals surface area contributed by atoms with Crippen LogP contribution in [0.25, 0.3) is 0 Å². The van der Waals surface area contributed by atoms with Crippen LogP contribution < -0.4 is 5.32 Å². The molecule has 0 aliphatic rings. The Morgan fingerprint density at radius 3 is 2.53 bits per heavy atom. The Kier molecular flexibility index (Phi) is 3.52. The molecule has 0 saturated heterocycles. The van der Waals surface area contributed by atoms with Crippen molar-refractivity contribution in [3.8, 4) is 0 Å². The highest BCUT2D eigenvalue weighted by Crippen LogP contribution is 2.24. The smallest absolute Gasteiger partial charge is 0.0931 e. The maximum atomic E-state index is 6.01. The van der Waals surface area contributed by atoms with Crippen LogP contribution in [-0.4, -0.2) is 0 Å². The van der Waals surface area contributed by atoms with Gasteiger partial charge in [-0.15, -0.1) is 11.3 Å². The number of benzene rings is 1. The van der Waals surface area contributed by atoms with Crippen molar-refractivity contribution in [1.82, 2.24) is 0 Å². The number of halogens is 2. The van der Waals surface area contributed by atoms with Gasteiger partial charge in [0.1, 0.15) is 0 Å². The highest BCUT2D eigenvalue weighted by Gasteiger charge is 2.00. The number of rotatable bonds is 3. The van der Waals surface area contributed by atoms with E-state index in [2.05, 4.69) is 5.32 Å². The maximum absolute atomic E-state index is 6.01. The molecule has 0 aliphatic heterocycles. The molecule has 2 aromatic rings. The molecular formula is C11H9Cl2NS. The van der Waals surface area contributed by atoms with Crippen molar-refractivity contribution in [2.45, 2.75) is 6.54 Å². The Hall–Kier alpha value is -0.700. The fraction of sp³-hybridized carbons (Fsp3) is 0.0909. The molecular weight excluding hydrogens is 249 g/mol. The number of hydrogen-bond donors (Lipinski definition) is 1. The van der Waals surface area contributed by atoms with Crippen molar-refractivity contribution in [3.05, 3.63) is 50.6 Å². The first-order valence-corrected chi connectivity index (χ1v) is 6.05. The quantitative estimate of drug-likeness (QED) is 0.843. The third-order valence-electron chi connectivity index (χ3n) is 1.96. The van der Waals surface area contributed by atoms with Crippen molar-refractivity contribution >= 4 is 40.2 Å². The number of nitrogens with one attached hydrogen (secondary N) is 1. The molecule has 78 valence electrons. The second-order valence-electron chi connectivity index (χ2n) is 3.04. The molecule has 0 fully saturated rings. The number of hydrogen-bond acceptors (Lipinski definition) is 2. The lowest BCUT2D eigenvalue weighted by Gasteiger charge is -2.05. The van der Waals surface area contributed by atoms with Crippen LogP contribution in [0.5, 0.6) is 0 Å². The van der Waals surface area contributed by atoms with Gasteiger partial charge in [-0.3, -0.25) is 0 Å². The molecule has 0 spiro atoms. The average Bonchev–Trinajstić information content (AvgIpc) is 2.63. The molecule has 0 bridgehead atoms. The van der Waals surface area contributed by atoms with Crippen LogP contribution in [0.3, 0.4) is 0 Å². The van der Waals surface area contributed by atoms with Crippen LogP contribution in [0.2, 0.25) is 9.36 Å². The number of thiophene rings is 1. The predicted molar refractivity (Wildman–Crippen MR) is 68.1 cm³/mol. The summed E-state index contributed by atoms with van der Waals surface area (Å²) in [6.07, 6.45) is 0. The zero-order valence-electron chi connectivity index (χ0n) is 7.84. The van der Waals surface area contributed by atoms with Gasteiger partial charge in [0, 0.05) is 11.4 Å². The average molecular weight is 258 g/mol. The standard InChI is InChI=1S/C11H9Cl2NS/c12-9-3-1-2-4-10(9)14-7-8-5-6-11(13)15-8/h1-6,14H,7H2. The Bertz CT molecular complexity index is 453. The van der Waals surface area contributed by atoms with Crippen molar-refractivity contribution in [3.63, 3.8) is 0 Å². The lowest BCUT2D eigenvalue weighted by atomic mass is 10.3. The summed E-state index contributed by atoms with van der Waals surface area (Å²) in [5.41, 5.74) is 0.948. The van der Waals surface area contributed by atoms with Crippen LogP contribution in [0, 0.1) is 0 Å². The largest absolute Gasteiger partial charge is 0.379 e. The molecule has 1 aromatic heterocycles. The summed E-state index contributed by atoms with van der Waals surface area (Å²) < 4.78 is 0.811. The molecule has 4 heteroatoms. The van der Waals surface area contributed by atoms with E-state index in [9.17, 15) is 0 Å². The Morgan fingerprint density at radius 1 is 1.07 bits per heavy atom. The molecule has 0 radical (unpaired) electrons. The summed E-state index contributed by atoms with van der Waals surface area (Å²) in [6, 6.07) is 11.6. The van der Waals surface area contributed by atoms with Gasteiger partial charge in [-0.1, -0.05) is 35.3 Å². The first kappa shape index (κ1) is 10.8. The minimum atomic E-state index is 0.736. The van der Waals surface area contributed by atoms with E-state index in [0.717, 1.165) is 21.6 Å². The van der Waals surface area contributed by atoms with E-state index in [4.69, 9.17) is 23.2 Å². The molecule has 2 rings (SSSR count). The molecule has 0 amide bonds. The number of para-hydroxylation sites is 1. The molecule has 1 N–H and O–H groups in total. The van der Waals surface area contributed by atoms with Gasteiger partial charge in [0.25, 0.3) is 0 Å². The van der Waals surface area contributed by atoms with E-state index < -0.39 is 0 Å². The summed E-state index contributed by atoms with van der Waals surface area (Å²) in [5, 5.41) is 4.00. The third kappa shape index (κ3) is 2.88. The minimum Gasteiger partial charge on any atom is -0.379 e. The molecule has 0 unspecified atom stereocenters. The summed E-state index contributed by atoms with van der Waals surface area (Å²) in [4.78, 5) is 1.19. The third-order valence-corrected chi connectivity index (χ3v) is 3.52. The highest BCUT2D eigenvalue weighted by molar-refractivity contribution is 7.16. The van der Waals surface area contributed by atoms with E-state index in [0.29, 0.717) is 0 Å². The summed E-state index contributed by atoms with van der Waals surface area (Å²) >= 11 is 13.4. The zero-order valence-corrected chi connectivity index (χ0v) is 10.2. The van der Waals surface area contributed by atoms with Crippen molar-refractivity contribution in [2.75, 3.05) is 5.32 Å². The predicted octanol–water partition coefficient (Wildman–Crippen LogP) is 4.67. The molecule has 0 saturated carbocycles. The van der Waals surface area contributed by atoms with E-state index >= 15 is 0 Å². The van der Waals surface area contributed by atoms with E-state index in [-0.39, 0.29) is 0 Å². The molecule has 0 atom stereocenters. The summed E-state index contributed by atoms with van der Waals surface area (Å²) in [5.74, 6) is 0. The van der Waals surface area contributed by atoms with Gasteiger partial charge in [-0.2, -0.15) is 0 Å².